The zero-order valence-corrected chi connectivity index (χ0v) is 10.7. The molecule has 0 bridgehead atoms. The van der Waals surface area contributed by atoms with Crippen molar-refractivity contribution in [1.82, 2.24) is 4.90 Å². The Labute approximate surface area is 104 Å². The van der Waals surface area contributed by atoms with Gasteiger partial charge in [-0.3, -0.25) is 4.90 Å². The van der Waals surface area contributed by atoms with E-state index in [0.717, 1.165) is 31.7 Å². The molecule has 0 aromatic carbocycles. The van der Waals surface area contributed by atoms with E-state index in [1.54, 1.807) is 0 Å². The number of rotatable bonds is 2. The lowest BCUT2D eigenvalue weighted by Crippen LogP contribution is -2.72. The second-order valence-corrected chi connectivity index (χ2v) is 6.94. The number of likely N-dealkylation sites (tertiary alicyclic amines) is 1. The average Bonchev–Trinajstić information content (AvgIpc) is 3.07. The predicted molar refractivity (Wildman–Crippen MR) is 66.8 cm³/mol. The van der Waals surface area contributed by atoms with Crippen molar-refractivity contribution in [2.24, 2.45) is 11.7 Å². The summed E-state index contributed by atoms with van der Waals surface area (Å²) in [6, 6.07) is 0.763. The monoisotopic (exact) mass is 236 g/mol. The molecule has 2 saturated carbocycles. The van der Waals surface area contributed by atoms with Gasteiger partial charge >= 0.3 is 0 Å². The summed E-state index contributed by atoms with van der Waals surface area (Å²) in [5, 5.41) is 0. The molecule has 1 unspecified atom stereocenters. The third-order valence-electron chi connectivity index (χ3n) is 5.63. The van der Waals surface area contributed by atoms with Gasteiger partial charge in [-0.25, -0.2) is 0 Å². The first-order valence-electron chi connectivity index (χ1n) is 7.36. The van der Waals surface area contributed by atoms with Crippen molar-refractivity contribution < 1.29 is 4.74 Å². The maximum Gasteiger partial charge on any atom is 0.0697 e. The van der Waals surface area contributed by atoms with Crippen molar-refractivity contribution >= 4 is 0 Å². The topological polar surface area (TPSA) is 38.5 Å². The molecule has 0 radical (unpaired) electrons. The van der Waals surface area contributed by atoms with Gasteiger partial charge in [0.15, 0.2) is 0 Å². The minimum Gasteiger partial charge on any atom is -0.375 e. The Hall–Kier alpha value is -0.120. The van der Waals surface area contributed by atoms with Gasteiger partial charge in [0.25, 0.3) is 0 Å². The van der Waals surface area contributed by atoms with Crippen molar-refractivity contribution in [1.29, 1.82) is 0 Å². The lowest BCUT2D eigenvalue weighted by molar-refractivity contribution is -0.160. The fraction of sp³-hybridized carbons (Fsp3) is 1.00. The Balaban J connectivity index is 1.37. The van der Waals surface area contributed by atoms with Crippen LogP contribution >= 0.6 is 0 Å². The van der Waals surface area contributed by atoms with Gasteiger partial charge in [0.05, 0.1) is 5.60 Å². The molecule has 2 aliphatic carbocycles. The smallest absolute Gasteiger partial charge is 0.0697 e. The highest BCUT2D eigenvalue weighted by atomic mass is 16.5. The van der Waals surface area contributed by atoms with Crippen LogP contribution in [0.2, 0.25) is 0 Å². The lowest BCUT2D eigenvalue weighted by atomic mass is 9.72. The normalized spacial score (nSPS) is 39.7. The summed E-state index contributed by atoms with van der Waals surface area (Å²) in [7, 11) is 0. The van der Waals surface area contributed by atoms with Crippen LogP contribution in [0.15, 0.2) is 0 Å². The second kappa shape index (κ2) is 3.46. The van der Waals surface area contributed by atoms with Crippen molar-refractivity contribution in [3.05, 3.63) is 0 Å². The van der Waals surface area contributed by atoms with Crippen LogP contribution in [-0.4, -0.2) is 41.8 Å². The summed E-state index contributed by atoms with van der Waals surface area (Å²) < 4.78 is 6.00. The van der Waals surface area contributed by atoms with E-state index in [9.17, 15) is 0 Å². The minimum atomic E-state index is 0.186. The highest BCUT2D eigenvalue weighted by Crippen LogP contribution is 2.47. The summed E-state index contributed by atoms with van der Waals surface area (Å²) in [5.41, 5.74) is 6.92. The molecule has 4 rings (SSSR count). The van der Waals surface area contributed by atoms with E-state index >= 15 is 0 Å². The molecule has 3 nitrogen and oxygen atoms in total. The Morgan fingerprint density at radius 1 is 1.12 bits per heavy atom. The quantitative estimate of drug-likeness (QED) is 0.790. The standard InChI is InChI=1S/C14H24N2O/c15-14(11-2-3-11)9-16(10-14)12-4-7-17-13(8-12)5-1-6-13/h11-12H,1-10,15H2. The Bertz CT molecular complexity index is 316. The maximum atomic E-state index is 6.45. The van der Waals surface area contributed by atoms with Crippen LogP contribution < -0.4 is 5.73 Å². The van der Waals surface area contributed by atoms with Crippen LogP contribution in [-0.2, 0) is 4.74 Å². The van der Waals surface area contributed by atoms with E-state index in [4.69, 9.17) is 10.5 Å². The SMILES string of the molecule is NC1(C2CC2)CN(C2CCOC3(CCC3)C2)C1. The zero-order valence-electron chi connectivity index (χ0n) is 10.7. The summed E-state index contributed by atoms with van der Waals surface area (Å²) in [4.78, 5) is 2.64. The predicted octanol–water partition coefficient (Wildman–Crippen LogP) is 1.51. The van der Waals surface area contributed by atoms with Crippen LogP contribution in [0.1, 0.15) is 44.9 Å². The first kappa shape index (κ1) is 10.8. The third kappa shape index (κ3) is 1.66. The highest BCUT2D eigenvalue weighted by molar-refractivity contribution is 5.11. The van der Waals surface area contributed by atoms with Gasteiger partial charge in [0, 0.05) is 31.3 Å². The van der Waals surface area contributed by atoms with Gasteiger partial charge in [-0.15, -0.1) is 0 Å². The summed E-state index contributed by atoms with van der Waals surface area (Å²) in [6.45, 7) is 3.28. The van der Waals surface area contributed by atoms with E-state index in [1.807, 2.05) is 0 Å². The molecule has 2 saturated heterocycles. The average molecular weight is 236 g/mol. The summed E-state index contributed by atoms with van der Waals surface area (Å²) in [6.07, 6.45) is 9.22. The second-order valence-electron chi connectivity index (χ2n) is 6.94. The van der Waals surface area contributed by atoms with Gasteiger partial charge in [-0.2, -0.15) is 0 Å². The largest absolute Gasteiger partial charge is 0.375 e. The van der Waals surface area contributed by atoms with Crippen molar-refractivity contribution in [3.8, 4) is 0 Å². The number of hydrogen-bond acceptors (Lipinski definition) is 3. The number of hydrogen-bond donors (Lipinski definition) is 1. The molecule has 1 atom stereocenters. The Morgan fingerprint density at radius 3 is 2.47 bits per heavy atom. The molecule has 17 heavy (non-hydrogen) atoms. The molecule has 4 aliphatic rings. The molecule has 4 fully saturated rings. The molecule has 2 N–H and O–H groups in total. The number of nitrogens with zero attached hydrogens (tertiary/aromatic N) is 1. The summed E-state index contributed by atoms with van der Waals surface area (Å²) >= 11 is 0. The van der Waals surface area contributed by atoms with Gasteiger partial charge in [0.2, 0.25) is 0 Å². The third-order valence-corrected chi connectivity index (χ3v) is 5.63. The molecular formula is C14H24N2O. The lowest BCUT2D eigenvalue weighted by Gasteiger charge is -2.56. The van der Waals surface area contributed by atoms with Crippen LogP contribution in [0.4, 0.5) is 0 Å². The van der Waals surface area contributed by atoms with E-state index in [-0.39, 0.29) is 11.1 Å². The van der Waals surface area contributed by atoms with Crippen LogP contribution in [0.25, 0.3) is 0 Å². The molecule has 3 heteroatoms. The zero-order chi connectivity index (χ0) is 11.5. The van der Waals surface area contributed by atoms with Gasteiger partial charge in [0.1, 0.15) is 0 Å². The minimum absolute atomic E-state index is 0.186. The fourth-order valence-corrected chi connectivity index (χ4v) is 4.12. The molecule has 0 aromatic rings. The summed E-state index contributed by atoms with van der Waals surface area (Å²) in [5.74, 6) is 0.844. The van der Waals surface area contributed by atoms with Crippen LogP contribution in [0.5, 0.6) is 0 Å². The molecule has 0 aromatic heterocycles. The van der Waals surface area contributed by atoms with Crippen LogP contribution in [0, 0.1) is 5.92 Å². The molecule has 1 spiro atoms. The molecule has 2 aliphatic heterocycles. The van der Waals surface area contributed by atoms with E-state index in [2.05, 4.69) is 4.90 Å². The van der Waals surface area contributed by atoms with E-state index < -0.39 is 0 Å². The van der Waals surface area contributed by atoms with Crippen molar-refractivity contribution in [2.75, 3.05) is 19.7 Å². The maximum absolute atomic E-state index is 6.45. The first-order valence-corrected chi connectivity index (χ1v) is 7.36. The van der Waals surface area contributed by atoms with E-state index in [0.29, 0.717) is 0 Å². The van der Waals surface area contributed by atoms with Gasteiger partial charge < -0.3 is 10.5 Å². The molecular weight excluding hydrogens is 212 g/mol. The van der Waals surface area contributed by atoms with Crippen molar-refractivity contribution in [3.63, 3.8) is 0 Å². The molecule has 96 valence electrons. The Morgan fingerprint density at radius 2 is 1.88 bits per heavy atom. The molecule has 0 amide bonds. The molecule has 2 heterocycles. The number of ether oxygens (including phenoxy) is 1. The van der Waals surface area contributed by atoms with Crippen molar-refractivity contribution in [2.45, 2.75) is 62.1 Å². The fourth-order valence-electron chi connectivity index (χ4n) is 4.12. The first-order chi connectivity index (χ1) is 8.19. The van der Waals surface area contributed by atoms with Gasteiger partial charge in [-0.05, 0) is 50.9 Å². The number of nitrogens with two attached hydrogens (primary N) is 1. The van der Waals surface area contributed by atoms with Crippen LogP contribution in [0.3, 0.4) is 0 Å². The Kier molecular flexibility index (Phi) is 2.19. The van der Waals surface area contributed by atoms with E-state index in [1.165, 1.54) is 44.9 Å². The van der Waals surface area contributed by atoms with Gasteiger partial charge in [-0.1, -0.05) is 0 Å². The highest BCUT2D eigenvalue weighted by Gasteiger charge is 2.53.